The number of fused-ring (bicyclic) bond motifs is 1. The highest BCUT2D eigenvalue weighted by Crippen LogP contribution is 2.27. The fourth-order valence-corrected chi connectivity index (χ4v) is 2.93. The van der Waals surface area contributed by atoms with E-state index in [9.17, 15) is 5.11 Å². The summed E-state index contributed by atoms with van der Waals surface area (Å²) in [6, 6.07) is 7.84. The van der Waals surface area contributed by atoms with E-state index in [4.69, 9.17) is 9.47 Å². The number of hydrogen-bond acceptors (Lipinski definition) is 7. The summed E-state index contributed by atoms with van der Waals surface area (Å²) in [7, 11) is 3.46. The first-order chi connectivity index (χ1) is 13.5. The predicted molar refractivity (Wildman–Crippen MR) is 105 cm³/mol. The average molecular weight is 379 g/mol. The molecule has 2 N–H and O–H groups in total. The number of hydrazine groups is 1. The quantitative estimate of drug-likeness (QED) is 0.703. The van der Waals surface area contributed by atoms with Crippen molar-refractivity contribution in [1.29, 1.82) is 0 Å². The van der Waals surface area contributed by atoms with Crippen LogP contribution >= 0.6 is 0 Å². The standard InChI is InChI=1S/C20H21N5O3/c1-13(14-4-5-18-15(8-14)9-17(27-3)11-21-18)28-20-19(26)6-7-25(23-20)16-10-22-24(2)12-16/h4-13,23,26H,1-3H3. The summed E-state index contributed by atoms with van der Waals surface area (Å²) in [6.07, 6.45) is 8.23. The van der Waals surface area contributed by atoms with Gasteiger partial charge in [-0.05, 0) is 30.7 Å². The number of benzene rings is 1. The third kappa shape index (κ3) is 3.44. The summed E-state index contributed by atoms with van der Waals surface area (Å²) < 4.78 is 12.9. The van der Waals surface area contributed by atoms with Crippen molar-refractivity contribution in [1.82, 2.24) is 20.2 Å². The Morgan fingerprint density at radius 3 is 2.82 bits per heavy atom. The van der Waals surface area contributed by atoms with Gasteiger partial charge in [0.15, 0.2) is 5.76 Å². The van der Waals surface area contributed by atoms with Crippen LogP contribution in [0.2, 0.25) is 0 Å². The van der Waals surface area contributed by atoms with E-state index in [-0.39, 0.29) is 17.7 Å². The highest BCUT2D eigenvalue weighted by molar-refractivity contribution is 5.80. The molecule has 1 aliphatic rings. The molecule has 1 unspecified atom stereocenters. The number of hydrogen-bond donors (Lipinski definition) is 2. The van der Waals surface area contributed by atoms with Gasteiger partial charge in [0.1, 0.15) is 17.5 Å². The Bertz CT molecular complexity index is 1070. The fraction of sp³-hybridized carbons (Fsp3) is 0.200. The van der Waals surface area contributed by atoms with Crippen LogP contribution in [0.1, 0.15) is 18.6 Å². The molecule has 0 saturated carbocycles. The summed E-state index contributed by atoms with van der Waals surface area (Å²) in [4.78, 5) is 4.37. The first-order valence-electron chi connectivity index (χ1n) is 8.80. The average Bonchev–Trinajstić information content (AvgIpc) is 3.15. The maximum atomic E-state index is 10.2. The molecule has 4 rings (SSSR count). The van der Waals surface area contributed by atoms with Gasteiger partial charge >= 0.3 is 0 Å². The molecule has 0 fully saturated rings. The number of rotatable bonds is 5. The second-order valence-electron chi connectivity index (χ2n) is 6.47. The van der Waals surface area contributed by atoms with Gasteiger partial charge in [-0.1, -0.05) is 6.07 Å². The van der Waals surface area contributed by atoms with E-state index in [1.54, 1.807) is 41.5 Å². The van der Waals surface area contributed by atoms with Crippen LogP contribution < -0.4 is 15.2 Å². The van der Waals surface area contributed by atoms with Crippen LogP contribution in [-0.4, -0.2) is 27.0 Å². The van der Waals surface area contributed by atoms with Gasteiger partial charge in [0.05, 0.1) is 31.2 Å². The summed E-state index contributed by atoms with van der Waals surface area (Å²) in [5, 5.41) is 17.0. The third-order valence-corrected chi connectivity index (χ3v) is 4.49. The van der Waals surface area contributed by atoms with Crippen LogP contribution in [0.15, 0.2) is 66.8 Å². The van der Waals surface area contributed by atoms with Crippen molar-refractivity contribution in [3.05, 3.63) is 72.3 Å². The zero-order valence-electron chi connectivity index (χ0n) is 15.8. The molecule has 8 heteroatoms. The number of nitrogens with one attached hydrogen (secondary N) is 1. The zero-order valence-corrected chi connectivity index (χ0v) is 15.8. The van der Waals surface area contributed by atoms with E-state index >= 15 is 0 Å². The topological polar surface area (TPSA) is 84.7 Å². The number of ether oxygens (including phenoxy) is 2. The van der Waals surface area contributed by atoms with Crippen molar-refractivity contribution in [3.8, 4) is 5.75 Å². The monoisotopic (exact) mass is 379 g/mol. The first-order valence-corrected chi connectivity index (χ1v) is 8.80. The number of aryl methyl sites for hydroxylation is 1. The molecule has 1 aliphatic heterocycles. The lowest BCUT2D eigenvalue weighted by molar-refractivity contribution is 0.103. The van der Waals surface area contributed by atoms with E-state index in [0.29, 0.717) is 5.75 Å². The van der Waals surface area contributed by atoms with Crippen LogP contribution in [0, 0.1) is 0 Å². The fourth-order valence-electron chi connectivity index (χ4n) is 2.93. The molecule has 144 valence electrons. The molecule has 0 amide bonds. The molecule has 1 aromatic carbocycles. The number of aliphatic hydroxyl groups is 1. The maximum Gasteiger partial charge on any atom is 0.250 e. The maximum absolute atomic E-state index is 10.2. The van der Waals surface area contributed by atoms with E-state index in [0.717, 1.165) is 22.2 Å². The largest absolute Gasteiger partial charge is 0.503 e. The molecule has 0 radical (unpaired) electrons. The Labute approximate surface area is 162 Å². The smallest absolute Gasteiger partial charge is 0.250 e. The van der Waals surface area contributed by atoms with Crippen LogP contribution in [0.3, 0.4) is 0 Å². The van der Waals surface area contributed by atoms with Crippen molar-refractivity contribution in [2.24, 2.45) is 7.05 Å². The number of anilines is 1. The SMILES string of the molecule is COc1cnc2ccc(C(C)OC3=C(O)C=CN(c4cnn(C)c4)N3)cc2c1. The Hall–Kier alpha value is -3.68. The van der Waals surface area contributed by atoms with Gasteiger partial charge in [-0.2, -0.15) is 5.10 Å². The van der Waals surface area contributed by atoms with Crippen molar-refractivity contribution in [3.63, 3.8) is 0 Å². The van der Waals surface area contributed by atoms with Gasteiger partial charge in [-0.15, -0.1) is 0 Å². The normalized spacial score (nSPS) is 14.9. The summed E-state index contributed by atoms with van der Waals surface area (Å²) >= 11 is 0. The van der Waals surface area contributed by atoms with Gasteiger partial charge in [0, 0.05) is 24.7 Å². The molecule has 28 heavy (non-hydrogen) atoms. The summed E-state index contributed by atoms with van der Waals surface area (Å²) in [5.41, 5.74) is 5.71. The van der Waals surface area contributed by atoms with Gasteiger partial charge in [0.25, 0.3) is 0 Å². The van der Waals surface area contributed by atoms with Gasteiger partial charge in [0.2, 0.25) is 5.88 Å². The van der Waals surface area contributed by atoms with Gasteiger partial charge < -0.3 is 14.6 Å². The van der Waals surface area contributed by atoms with Crippen molar-refractivity contribution in [2.45, 2.75) is 13.0 Å². The Morgan fingerprint density at radius 1 is 1.21 bits per heavy atom. The molecule has 3 heterocycles. The molecular formula is C20H21N5O3. The number of methoxy groups -OCH3 is 1. The van der Waals surface area contributed by atoms with E-state index < -0.39 is 0 Å². The molecule has 0 saturated heterocycles. The Balaban J connectivity index is 1.54. The number of aliphatic hydroxyl groups excluding tert-OH is 1. The molecule has 0 aliphatic carbocycles. The Kier molecular flexibility index (Phi) is 4.52. The second-order valence-corrected chi connectivity index (χ2v) is 6.47. The zero-order chi connectivity index (χ0) is 19.7. The molecule has 0 bridgehead atoms. The predicted octanol–water partition coefficient (Wildman–Crippen LogP) is 3.32. The number of aromatic nitrogens is 3. The molecule has 8 nitrogen and oxygen atoms in total. The highest BCUT2D eigenvalue weighted by atomic mass is 16.5. The van der Waals surface area contributed by atoms with Crippen LogP contribution in [0.4, 0.5) is 5.69 Å². The van der Waals surface area contributed by atoms with Crippen LogP contribution in [0.25, 0.3) is 10.9 Å². The molecule has 3 aromatic rings. The lowest BCUT2D eigenvalue weighted by Crippen LogP contribution is -2.36. The number of nitrogens with zero attached hydrogens (tertiary/aromatic N) is 4. The summed E-state index contributed by atoms with van der Waals surface area (Å²) in [5.74, 6) is 0.989. The molecule has 1 atom stereocenters. The minimum atomic E-state index is -0.303. The summed E-state index contributed by atoms with van der Waals surface area (Å²) in [6.45, 7) is 1.92. The number of allylic oxidation sites excluding steroid dienone is 1. The minimum Gasteiger partial charge on any atom is -0.503 e. The molecular weight excluding hydrogens is 358 g/mol. The lowest BCUT2D eigenvalue weighted by atomic mass is 10.1. The minimum absolute atomic E-state index is 0.0242. The van der Waals surface area contributed by atoms with Crippen molar-refractivity contribution in [2.75, 3.05) is 12.1 Å². The highest BCUT2D eigenvalue weighted by Gasteiger charge is 2.19. The molecule has 0 spiro atoms. The third-order valence-electron chi connectivity index (χ3n) is 4.49. The number of pyridine rings is 1. The van der Waals surface area contributed by atoms with E-state index in [1.165, 1.54) is 0 Å². The van der Waals surface area contributed by atoms with Gasteiger partial charge in [-0.25, -0.2) is 0 Å². The van der Waals surface area contributed by atoms with Crippen LogP contribution in [0.5, 0.6) is 5.75 Å². The van der Waals surface area contributed by atoms with E-state index in [1.807, 2.05) is 44.4 Å². The second kappa shape index (κ2) is 7.15. The first kappa shape index (κ1) is 17.7. The van der Waals surface area contributed by atoms with Crippen molar-refractivity contribution >= 4 is 16.6 Å². The molecule has 2 aromatic heterocycles. The van der Waals surface area contributed by atoms with Crippen LogP contribution in [-0.2, 0) is 11.8 Å². The van der Waals surface area contributed by atoms with Gasteiger partial charge in [-0.3, -0.25) is 20.1 Å². The lowest BCUT2D eigenvalue weighted by Gasteiger charge is -2.28. The Morgan fingerprint density at radius 2 is 2.07 bits per heavy atom. The van der Waals surface area contributed by atoms with Crippen molar-refractivity contribution < 1.29 is 14.6 Å². The van der Waals surface area contributed by atoms with E-state index in [2.05, 4.69) is 15.5 Å².